The number of nitrogens with zero attached hydrogens (tertiary/aromatic N) is 1. The molecule has 1 aliphatic rings. The van der Waals surface area contributed by atoms with Crippen molar-refractivity contribution in [3.8, 4) is 23.8 Å². The number of hydrogen-bond donors (Lipinski definition) is 3. The van der Waals surface area contributed by atoms with E-state index in [4.69, 9.17) is 15.9 Å². The molecule has 176 valence electrons. The number of sulfone groups is 1. The summed E-state index contributed by atoms with van der Waals surface area (Å²) >= 11 is 0. The molecule has 0 atom stereocenters. The van der Waals surface area contributed by atoms with Crippen LogP contribution in [-0.2, 0) is 15.6 Å². The minimum atomic E-state index is -3.53. The summed E-state index contributed by atoms with van der Waals surface area (Å²) in [5, 5.41) is 9.03. The minimum absolute atomic E-state index is 0.107. The fourth-order valence-corrected chi connectivity index (χ4v) is 4.46. The molecule has 10 heteroatoms. The molecule has 1 aliphatic heterocycles. The van der Waals surface area contributed by atoms with Crippen LogP contribution in [0.25, 0.3) is 0 Å². The predicted octanol–water partition coefficient (Wildman–Crippen LogP) is 1.57. The maximum Gasteiger partial charge on any atom is 0.274 e. The van der Waals surface area contributed by atoms with Gasteiger partial charge in [-0.15, -0.1) is 6.42 Å². The number of nitrogens with one attached hydrogen (secondary N) is 3. The lowest BCUT2D eigenvalue weighted by molar-refractivity contribution is 0.102. The zero-order valence-corrected chi connectivity index (χ0v) is 19.5. The molecule has 0 unspecified atom stereocenters. The molecule has 2 heterocycles. The van der Waals surface area contributed by atoms with Crippen LogP contribution < -0.4 is 25.4 Å². The van der Waals surface area contributed by atoms with E-state index < -0.39 is 20.5 Å². The maximum atomic E-state index is 13.1. The number of aromatic nitrogens is 1. The van der Waals surface area contributed by atoms with E-state index in [1.165, 1.54) is 12.3 Å². The van der Waals surface area contributed by atoms with Gasteiger partial charge in [0.2, 0.25) is 0 Å². The van der Waals surface area contributed by atoms with E-state index in [1.54, 1.807) is 38.1 Å². The van der Waals surface area contributed by atoms with E-state index in [-0.39, 0.29) is 18.1 Å². The smallest absolute Gasteiger partial charge is 0.274 e. The number of pyridine rings is 1. The summed E-state index contributed by atoms with van der Waals surface area (Å²) < 4.78 is 36.3. The van der Waals surface area contributed by atoms with Gasteiger partial charge in [-0.25, -0.2) is 13.4 Å². The topological polar surface area (TPSA) is 119 Å². The maximum absolute atomic E-state index is 13.1. The van der Waals surface area contributed by atoms with E-state index in [2.05, 4.69) is 26.9 Å². The summed E-state index contributed by atoms with van der Waals surface area (Å²) in [5.41, 5.74) is 1.10. The molecule has 0 fully saturated rings. The zero-order valence-electron chi connectivity index (χ0n) is 18.7. The average Bonchev–Trinajstić information content (AvgIpc) is 2.77. The average molecular weight is 473 g/mol. The van der Waals surface area contributed by atoms with Gasteiger partial charge in [-0.3, -0.25) is 4.79 Å². The monoisotopic (exact) mass is 472 g/mol. The van der Waals surface area contributed by atoms with Crippen molar-refractivity contribution in [2.45, 2.75) is 24.3 Å². The number of anilines is 1. The Bertz CT molecular complexity index is 1120. The van der Waals surface area contributed by atoms with Crippen molar-refractivity contribution in [3.05, 3.63) is 47.8 Å². The number of carbonyl (C=O) groups is 1. The van der Waals surface area contributed by atoms with Crippen LogP contribution in [0.2, 0.25) is 0 Å². The molecule has 33 heavy (non-hydrogen) atoms. The molecule has 0 aliphatic carbocycles. The summed E-state index contributed by atoms with van der Waals surface area (Å²) in [7, 11) is -3.53. The third-order valence-electron chi connectivity index (χ3n) is 5.13. The number of hydrogen-bond acceptors (Lipinski definition) is 8. The number of ether oxygens (including phenoxy) is 2. The predicted molar refractivity (Wildman–Crippen MR) is 126 cm³/mol. The Balaban J connectivity index is 1.82. The Labute approximate surface area is 194 Å². The summed E-state index contributed by atoms with van der Waals surface area (Å²) in [5.74, 6) is 2.62. The normalized spacial score (nSPS) is 17.7. The standard InChI is InChI=1S/C23H28N4O5S/c1-4-10-31-19-6-7-20(26-13-19)22(28)27-18-5-8-21-17(12-18)14-33(29,30)23(2,3)15-25-16-24-9-11-32-21/h1,5-8,12-13,24-25H,9-11,14-16H2,2-3H3,(H,27,28). The van der Waals surface area contributed by atoms with Crippen LogP contribution in [0.1, 0.15) is 29.9 Å². The number of rotatable bonds is 4. The van der Waals surface area contributed by atoms with Crippen molar-refractivity contribution < 1.29 is 22.7 Å². The minimum Gasteiger partial charge on any atom is -0.492 e. The lowest BCUT2D eigenvalue weighted by Gasteiger charge is -2.27. The highest BCUT2D eigenvalue weighted by atomic mass is 32.2. The lowest BCUT2D eigenvalue weighted by Crippen LogP contribution is -2.46. The molecule has 0 bridgehead atoms. The second kappa shape index (κ2) is 10.7. The Hall–Kier alpha value is -3.13. The van der Waals surface area contributed by atoms with Gasteiger partial charge >= 0.3 is 0 Å². The quantitative estimate of drug-likeness (QED) is 0.574. The van der Waals surface area contributed by atoms with Gasteiger partial charge in [0.15, 0.2) is 9.84 Å². The zero-order chi connectivity index (χ0) is 23.9. The highest BCUT2D eigenvalue weighted by Gasteiger charge is 2.35. The van der Waals surface area contributed by atoms with Gasteiger partial charge in [0.25, 0.3) is 5.91 Å². The van der Waals surface area contributed by atoms with E-state index in [9.17, 15) is 13.2 Å². The molecule has 2 aromatic rings. The van der Waals surface area contributed by atoms with Crippen LogP contribution in [0.4, 0.5) is 5.69 Å². The van der Waals surface area contributed by atoms with E-state index in [0.717, 1.165) is 0 Å². The molecule has 1 aromatic carbocycles. The van der Waals surface area contributed by atoms with Crippen molar-refractivity contribution in [3.63, 3.8) is 0 Å². The number of carbonyl (C=O) groups excluding carboxylic acids is 1. The van der Waals surface area contributed by atoms with Crippen LogP contribution in [0, 0.1) is 12.3 Å². The molecule has 3 N–H and O–H groups in total. The van der Waals surface area contributed by atoms with Gasteiger partial charge in [0.05, 0.1) is 16.7 Å². The number of benzene rings is 1. The fourth-order valence-electron chi connectivity index (χ4n) is 3.11. The van der Waals surface area contributed by atoms with Gasteiger partial charge in [-0.2, -0.15) is 0 Å². The first-order valence-electron chi connectivity index (χ1n) is 10.4. The fraction of sp³-hybridized carbons (Fsp3) is 0.391. The van der Waals surface area contributed by atoms with Crippen molar-refractivity contribution >= 4 is 21.4 Å². The van der Waals surface area contributed by atoms with Crippen LogP contribution in [0.15, 0.2) is 36.5 Å². The number of terminal acetylenes is 1. The number of fused-ring (bicyclic) bond motifs is 1. The highest BCUT2D eigenvalue weighted by molar-refractivity contribution is 7.92. The Morgan fingerprint density at radius 1 is 1.30 bits per heavy atom. The first-order chi connectivity index (χ1) is 15.7. The molecule has 1 aromatic heterocycles. The van der Waals surface area contributed by atoms with E-state index >= 15 is 0 Å². The molecule has 0 saturated heterocycles. The molecular weight excluding hydrogens is 444 g/mol. The van der Waals surface area contributed by atoms with Crippen LogP contribution in [-0.4, -0.2) is 57.0 Å². The highest BCUT2D eigenvalue weighted by Crippen LogP contribution is 2.29. The molecular formula is C23H28N4O5S. The molecule has 9 nitrogen and oxygen atoms in total. The van der Waals surface area contributed by atoms with Crippen molar-refractivity contribution in [2.75, 3.05) is 38.3 Å². The number of amides is 1. The first kappa shape index (κ1) is 24.5. The van der Waals surface area contributed by atoms with Gasteiger partial charge in [-0.05, 0) is 44.2 Å². The van der Waals surface area contributed by atoms with Crippen molar-refractivity contribution in [1.29, 1.82) is 0 Å². The summed E-state index contributed by atoms with van der Waals surface area (Å²) in [6.45, 7) is 5.27. The van der Waals surface area contributed by atoms with Crippen molar-refractivity contribution in [1.82, 2.24) is 15.6 Å². The first-order valence-corrected chi connectivity index (χ1v) is 12.1. The Kier molecular flexibility index (Phi) is 7.92. The van der Waals surface area contributed by atoms with Gasteiger partial charge in [0, 0.05) is 31.0 Å². The molecule has 0 spiro atoms. The molecule has 1 amide bonds. The molecule has 0 saturated carbocycles. The van der Waals surface area contributed by atoms with Crippen LogP contribution in [0.3, 0.4) is 0 Å². The Morgan fingerprint density at radius 3 is 2.85 bits per heavy atom. The van der Waals surface area contributed by atoms with Gasteiger partial charge in [0.1, 0.15) is 30.4 Å². The Morgan fingerprint density at radius 2 is 2.12 bits per heavy atom. The largest absolute Gasteiger partial charge is 0.492 e. The van der Waals surface area contributed by atoms with E-state index in [1.807, 2.05) is 0 Å². The SMILES string of the molecule is C#CCOc1ccc(C(=O)Nc2ccc3c(c2)CS(=O)(=O)C(C)(C)CNCNCCO3)nc1. The summed E-state index contributed by atoms with van der Waals surface area (Å²) in [6, 6.07) is 8.08. The van der Waals surface area contributed by atoms with Crippen LogP contribution in [0.5, 0.6) is 11.5 Å². The van der Waals surface area contributed by atoms with Gasteiger partial charge in [-0.1, -0.05) is 5.92 Å². The van der Waals surface area contributed by atoms with Crippen molar-refractivity contribution in [2.24, 2.45) is 0 Å². The second-order valence-electron chi connectivity index (χ2n) is 8.12. The molecule has 0 radical (unpaired) electrons. The second-order valence-corrected chi connectivity index (χ2v) is 10.7. The van der Waals surface area contributed by atoms with Crippen LogP contribution >= 0.6 is 0 Å². The third kappa shape index (κ3) is 6.44. The lowest BCUT2D eigenvalue weighted by atomic mass is 10.2. The summed E-state index contributed by atoms with van der Waals surface area (Å²) in [6.07, 6.45) is 6.57. The summed E-state index contributed by atoms with van der Waals surface area (Å²) in [4.78, 5) is 16.7. The van der Waals surface area contributed by atoms with Gasteiger partial charge < -0.3 is 25.4 Å². The third-order valence-corrected chi connectivity index (χ3v) is 7.65. The molecule has 3 rings (SSSR count). The van der Waals surface area contributed by atoms with E-state index in [0.29, 0.717) is 49.1 Å².